The number of hydrogen-bond acceptors (Lipinski definition) is 3. The maximum Gasteiger partial charge on any atom is 0.121 e. The minimum Gasteiger partial charge on any atom is -0.497 e. The lowest BCUT2D eigenvalue weighted by Crippen LogP contribution is -2.05. The van der Waals surface area contributed by atoms with Crippen LogP contribution in [0.3, 0.4) is 0 Å². The summed E-state index contributed by atoms with van der Waals surface area (Å²) in [6, 6.07) is 16.1. The van der Waals surface area contributed by atoms with Crippen LogP contribution in [0.15, 0.2) is 48.5 Å². The fraction of sp³-hybridized carbons (Fsp3) is 0.333. The molecule has 0 amide bonds. The van der Waals surface area contributed by atoms with E-state index in [-0.39, 0.29) is 0 Å². The van der Waals surface area contributed by atoms with Crippen LogP contribution < -0.4 is 14.8 Å². The zero-order chi connectivity index (χ0) is 15.1. The van der Waals surface area contributed by atoms with Gasteiger partial charge in [0.1, 0.15) is 11.5 Å². The molecule has 2 aromatic rings. The van der Waals surface area contributed by atoms with Crippen molar-refractivity contribution in [2.24, 2.45) is 5.92 Å². The normalized spacial score (nSPS) is 10.5. The van der Waals surface area contributed by atoms with Crippen LogP contribution in [0.25, 0.3) is 0 Å². The Hall–Kier alpha value is -2.16. The summed E-state index contributed by atoms with van der Waals surface area (Å²) in [7, 11) is 1.68. The van der Waals surface area contributed by atoms with Crippen molar-refractivity contribution >= 4 is 5.69 Å². The number of ether oxygens (including phenoxy) is 2. The molecular formula is C18H23NO2. The van der Waals surface area contributed by atoms with E-state index < -0.39 is 0 Å². The first-order chi connectivity index (χ1) is 10.2. The second-order valence-corrected chi connectivity index (χ2v) is 5.43. The van der Waals surface area contributed by atoms with Crippen LogP contribution in [0.5, 0.6) is 11.5 Å². The summed E-state index contributed by atoms with van der Waals surface area (Å²) >= 11 is 0. The summed E-state index contributed by atoms with van der Waals surface area (Å²) in [5.41, 5.74) is 2.27. The molecule has 2 aromatic carbocycles. The van der Waals surface area contributed by atoms with Gasteiger partial charge in [-0.2, -0.15) is 0 Å². The maximum absolute atomic E-state index is 5.73. The fourth-order valence-electron chi connectivity index (χ4n) is 1.91. The quantitative estimate of drug-likeness (QED) is 0.820. The molecular weight excluding hydrogens is 262 g/mol. The lowest BCUT2D eigenvalue weighted by molar-refractivity contribution is 0.271. The van der Waals surface area contributed by atoms with Crippen molar-refractivity contribution in [1.82, 2.24) is 0 Å². The third kappa shape index (κ3) is 5.03. The zero-order valence-electron chi connectivity index (χ0n) is 12.9. The molecule has 3 nitrogen and oxygen atoms in total. The summed E-state index contributed by atoms with van der Waals surface area (Å²) in [4.78, 5) is 0. The summed E-state index contributed by atoms with van der Waals surface area (Å²) < 4.78 is 10.9. The van der Waals surface area contributed by atoms with Crippen LogP contribution >= 0.6 is 0 Å². The molecule has 21 heavy (non-hydrogen) atoms. The summed E-state index contributed by atoms with van der Waals surface area (Å²) in [5, 5.41) is 3.41. The molecule has 0 saturated heterocycles. The minimum absolute atomic E-state index is 0.529. The first-order valence-electron chi connectivity index (χ1n) is 7.27. The Morgan fingerprint density at radius 2 is 1.76 bits per heavy atom. The van der Waals surface area contributed by atoms with E-state index in [0.717, 1.165) is 30.3 Å². The van der Waals surface area contributed by atoms with E-state index >= 15 is 0 Å². The minimum atomic E-state index is 0.529. The van der Waals surface area contributed by atoms with Gasteiger partial charge in [0.15, 0.2) is 0 Å². The van der Waals surface area contributed by atoms with E-state index in [4.69, 9.17) is 9.47 Å². The number of rotatable bonds is 7. The van der Waals surface area contributed by atoms with Gasteiger partial charge in [0.05, 0.1) is 13.7 Å². The van der Waals surface area contributed by atoms with E-state index in [1.165, 1.54) is 5.56 Å². The highest BCUT2D eigenvalue weighted by atomic mass is 16.5. The molecule has 112 valence electrons. The molecule has 0 aliphatic rings. The molecule has 0 fully saturated rings. The smallest absolute Gasteiger partial charge is 0.121 e. The molecule has 0 radical (unpaired) electrons. The highest BCUT2D eigenvalue weighted by Gasteiger charge is 2.00. The van der Waals surface area contributed by atoms with Crippen LogP contribution in [0.1, 0.15) is 19.4 Å². The van der Waals surface area contributed by atoms with Crippen molar-refractivity contribution < 1.29 is 9.47 Å². The molecule has 0 aliphatic carbocycles. The highest BCUT2D eigenvalue weighted by molar-refractivity contribution is 5.48. The second kappa shape index (κ2) is 7.58. The molecule has 0 atom stereocenters. The Morgan fingerprint density at radius 1 is 1.00 bits per heavy atom. The summed E-state index contributed by atoms with van der Waals surface area (Å²) in [6.07, 6.45) is 0. The molecule has 3 heteroatoms. The largest absolute Gasteiger partial charge is 0.497 e. The molecule has 0 heterocycles. The maximum atomic E-state index is 5.73. The number of anilines is 1. The van der Waals surface area contributed by atoms with Crippen LogP contribution in [0, 0.1) is 5.92 Å². The van der Waals surface area contributed by atoms with Gasteiger partial charge in [0, 0.05) is 18.3 Å². The van der Waals surface area contributed by atoms with E-state index in [0.29, 0.717) is 5.92 Å². The molecule has 2 rings (SSSR count). The van der Waals surface area contributed by atoms with E-state index in [9.17, 15) is 0 Å². The Balaban J connectivity index is 1.91. The molecule has 0 bridgehead atoms. The van der Waals surface area contributed by atoms with E-state index in [1.807, 2.05) is 36.4 Å². The predicted molar refractivity (Wildman–Crippen MR) is 87.1 cm³/mol. The van der Waals surface area contributed by atoms with E-state index in [2.05, 4.69) is 31.3 Å². The lowest BCUT2D eigenvalue weighted by atomic mass is 10.2. The van der Waals surface area contributed by atoms with E-state index in [1.54, 1.807) is 7.11 Å². The second-order valence-electron chi connectivity index (χ2n) is 5.43. The topological polar surface area (TPSA) is 30.5 Å². The molecule has 0 unspecified atom stereocenters. The molecule has 0 spiro atoms. The fourth-order valence-corrected chi connectivity index (χ4v) is 1.91. The van der Waals surface area contributed by atoms with Crippen LogP contribution in [-0.2, 0) is 6.54 Å². The van der Waals surface area contributed by atoms with Gasteiger partial charge < -0.3 is 14.8 Å². The third-order valence-corrected chi connectivity index (χ3v) is 3.07. The Labute approximate surface area is 126 Å². The van der Waals surface area contributed by atoms with Crippen molar-refractivity contribution in [2.45, 2.75) is 20.4 Å². The Morgan fingerprint density at radius 3 is 2.43 bits per heavy atom. The zero-order valence-corrected chi connectivity index (χ0v) is 12.9. The molecule has 1 N–H and O–H groups in total. The van der Waals surface area contributed by atoms with Gasteiger partial charge in [-0.15, -0.1) is 0 Å². The monoisotopic (exact) mass is 285 g/mol. The highest BCUT2D eigenvalue weighted by Crippen LogP contribution is 2.19. The van der Waals surface area contributed by atoms with Crippen LogP contribution in [-0.4, -0.2) is 13.7 Å². The lowest BCUT2D eigenvalue weighted by Gasteiger charge is -2.11. The Bertz CT molecular complexity index is 549. The number of benzene rings is 2. The van der Waals surface area contributed by atoms with Gasteiger partial charge >= 0.3 is 0 Å². The van der Waals surface area contributed by atoms with Gasteiger partial charge in [-0.25, -0.2) is 0 Å². The van der Waals surface area contributed by atoms with Crippen molar-refractivity contribution in [2.75, 3.05) is 19.0 Å². The summed E-state index contributed by atoms with van der Waals surface area (Å²) in [6.45, 7) is 5.80. The number of methoxy groups -OCH3 is 1. The SMILES string of the molecule is COc1ccc(CNc2cccc(OCC(C)C)c2)cc1. The van der Waals surface area contributed by atoms with Crippen molar-refractivity contribution in [3.8, 4) is 11.5 Å². The van der Waals surface area contributed by atoms with Crippen molar-refractivity contribution in [1.29, 1.82) is 0 Å². The van der Waals surface area contributed by atoms with Crippen LogP contribution in [0.4, 0.5) is 5.69 Å². The number of nitrogens with one attached hydrogen (secondary N) is 1. The van der Waals surface area contributed by atoms with Gasteiger partial charge in [-0.3, -0.25) is 0 Å². The average molecular weight is 285 g/mol. The van der Waals surface area contributed by atoms with Crippen molar-refractivity contribution in [3.05, 3.63) is 54.1 Å². The van der Waals surface area contributed by atoms with Crippen LogP contribution in [0.2, 0.25) is 0 Å². The number of hydrogen-bond donors (Lipinski definition) is 1. The van der Waals surface area contributed by atoms with Gasteiger partial charge in [0.2, 0.25) is 0 Å². The predicted octanol–water partition coefficient (Wildman–Crippen LogP) is 4.34. The Kier molecular flexibility index (Phi) is 5.50. The first-order valence-corrected chi connectivity index (χ1v) is 7.27. The third-order valence-electron chi connectivity index (χ3n) is 3.07. The first kappa shape index (κ1) is 15.2. The molecule has 0 aromatic heterocycles. The van der Waals surface area contributed by atoms with Crippen molar-refractivity contribution in [3.63, 3.8) is 0 Å². The van der Waals surface area contributed by atoms with Gasteiger partial charge in [-0.05, 0) is 35.7 Å². The van der Waals surface area contributed by atoms with Gasteiger partial charge in [-0.1, -0.05) is 32.0 Å². The molecule has 0 aliphatic heterocycles. The summed E-state index contributed by atoms with van der Waals surface area (Å²) in [5.74, 6) is 2.31. The average Bonchev–Trinajstić information content (AvgIpc) is 2.52. The standard InChI is InChI=1S/C18H23NO2/c1-14(2)13-21-18-6-4-5-16(11-18)19-12-15-7-9-17(20-3)10-8-15/h4-11,14,19H,12-13H2,1-3H3. The van der Waals surface area contributed by atoms with Gasteiger partial charge in [0.25, 0.3) is 0 Å². The molecule has 0 saturated carbocycles.